The van der Waals surface area contributed by atoms with E-state index in [9.17, 15) is 23.1 Å². The highest BCUT2D eigenvalue weighted by molar-refractivity contribution is 5.78. The molecule has 2 N–H and O–H groups in total. The van der Waals surface area contributed by atoms with Crippen molar-refractivity contribution < 1.29 is 23.1 Å². The van der Waals surface area contributed by atoms with Gasteiger partial charge in [-0.2, -0.15) is 18.3 Å². The van der Waals surface area contributed by atoms with E-state index in [1.165, 1.54) is 13.1 Å². The van der Waals surface area contributed by atoms with Gasteiger partial charge in [0.25, 0.3) is 0 Å². The molecule has 0 aliphatic carbocycles. The van der Waals surface area contributed by atoms with E-state index in [2.05, 4.69) is 10.4 Å². The van der Waals surface area contributed by atoms with Crippen molar-refractivity contribution in [3.63, 3.8) is 0 Å². The lowest BCUT2D eigenvalue weighted by Crippen LogP contribution is -2.50. The van der Waals surface area contributed by atoms with Crippen LogP contribution in [0.15, 0.2) is 12.3 Å². The van der Waals surface area contributed by atoms with Crippen molar-refractivity contribution in [1.82, 2.24) is 15.1 Å². The van der Waals surface area contributed by atoms with Crippen molar-refractivity contribution in [2.45, 2.75) is 44.9 Å². The van der Waals surface area contributed by atoms with Gasteiger partial charge in [-0.05, 0) is 32.4 Å². The normalized spacial score (nSPS) is 15.1. The van der Waals surface area contributed by atoms with E-state index in [0.717, 1.165) is 17.2 Å². The number of alkyl halides is 3. The van der Waals surface area contributed by atoms with E-state index in [1.54, 1.807) is 0 Å². The third kappa shape index (κ3) is 4.22. The summed E-state index contributed by atoms with van der Waals surface area (Å²) in [6.45, 7) is 4.03. The molecule has 1 rings (SSSR count). The Labute approximate surface area is 114 Å². The van der Waals surface area contributed by atoms with Crippen molar-refractivity contribution in [2.24, 2.45) is 0 Å². The van der Waals surface area contributed by atoms with E-state index < -0.39 is 23.4 Å². The van der Waals surface area contributed by atoms with Gasteiger partial charge in [0.05, 0.1) is 0 Å². The third-order valence-electron chi connectivity index (χ3n) is 3.01. The minimum absolute atomic E-state index is 0.0929. The Morgan fingerprint density at radius 1 is 1.50 bits per heavy atom. The Morgan fingerprint density at radius 3 is 2.60 bits per heavy atom. The van der Waals surface area contributed by atoms with Crippen LogP contribution < -0.4 is 5.32 Å². The summed E-state index contributed by atoms with van der Waals surface area (Å²) < 4.78 is 38.3. The number of aryl methyl sites for hydroxylation is 1. The van der Waals surface area contributed by atoms with Crippen molar-refractivity contribution in [3.05, 3.63) is 18.0 Å². The van der Waals surface area contributed by atoms with Gasteiger partial charge in [-0.25, -0.2) is 0 Å². The second-order valence-corrected chi connectivity index (χ2v) is 4.78. The molecule has 20 heavy (non-hydrogen) atoms. The van der Waals surface area contributed by atoms with Crippen molar-refractivity contribution in [3.8, 4) is 0 Å². The van der Waals surface area contributed by atoms with E-state index in [-0.39, 0.29) is 13.0 Å². The standard InChI is InChI=1S/C12H18F3N3O2/c1-3-6-16-11(2,10(19)20)5-8-18-7-4-9(17-18)12(13,14)15/h4,7,16H,3,5-6,8H2,1-2H3,(H,19,20). The summed E-state index contributed by atoms with van der Waals surface area (Å²) in [6.07, 6.45) is -2.38. The lowest BCUT2D eigenvalue weighted by atomic mass is 9.98. The highest BCUT2D eigenvalue weighted by Crippen LogP contribution is 2.27. The second-order valence-electron chi connectivity index (χ2n) is 4.78. The number of carbonyl (C=O) groups is 1. The lowest BCUT2D eigenvalue weighted by Gasteiger charge is -2.26. The first kappa shape index (κ1) is 16.5. The van der Waals surface area contributed by atoms with Gasteiger partial charge in [-0.3, -0.25) is 9.48 Å². The Kier molecular flexibility index (Phi) is 5.15. The molecule has 1 heterocycles. The van der Waals surface area contributed by atoms with Crippen molar-refractivity contribution >= 4 is 5.97 Å². The Hall–Kier alpha value is -1.57. The van der Waals surface area contributed by atoms with Crippen LogP contribution in [0.2, 0.25) is 0 Å². The molecule has 1 aromatic rings. The molecule has 0 saturated carbocycles. The van der Waals surface area contributed by atoms with Crippen LogP contribution in [0.1, 0.15) is 32.4 Å². The number of aromatic nitrogens is 2. The largest absolute Gasteiger partial charge is 0.480 e. The number of nitrogens with one attached hydrogen (secondary N) is 1. The van der Waals surface area contributed by atoms with Gasteiger partial charge in [0, 0.05) is 12.7 Å². The molecule has 5 nitrogen and oxygen atoms in total. The first-order valence-electron chi connectivity index (χ1n) is 6.28. The SMILES string of the molecule is CCCNC(C)(CCn1ccc(C(F)(F)F)n1)C(=O)O. The quantitative estimate of drug-likeness (QED) is 0.808. The topological polar surface area (TPSA) is 67.2 Å². The fourth-order valence-electron chi connectivity index (χ4n) is 1.65. The van der Waals surface area contributed by atoms with Gasteiger partial charge in [0.2, 0.25) is 0 Å². The maximum absolute atomic E-state index is 12.4. The Balaban J connectivity index is 2.68. The number of hydrogen-bond donors (Lipinski definition) is 2. The first-order valence-corrected chi connectivity index (χ1v) is 6.28. The van der Waals surface area contributed by atoms with E-state index in [4.69, 9.17) is 0 Å². The molecule has 8 heteroatoms. The molecule has 0 saturated heterocycles. The number of rotatable bonds is 7. The molecule has 0 spiro atoms. The molecule has 0 radical (unpaired) electrons. The summed E-state index contributed by atoms with van der Waals surface area (Å²) in [6, 6.07) is 0.873. The van der Waals surface area contributed by atoms with Gasteiger partial charge >= 0.3 is 12.1 Å². The van der Waals surface area contributed by atoms with Crippen LogP contribution in [0, 0.1) is 0 Å². The number of hydrogen-bond acceptors (Lipinski definition) is 3. The van der Waals surface area contributed by atoms with Gasteiger partial charge in [0.1, 0.15) is 5.54 Å². The molecule has 0 bridgehead atoms. The lowest BCUT2D eigenvalue weighted by molar-refractivity contribution is -0.145. The molecule has 0 aliphatic rings. The van der Waals surface area contributed by atoms with Crippen LogP contribution in [0.4, 0.5) is 13.2 Å². The highest BCUT2D eigenvalue weighted by atomic mass is 19.4. The highest BCUT2D eigenvalue weighted by Gasteiger charge is 2.35. The van der Waals surface area contributed by atoms with E-state index in [1.807, 2.05) is 6.92 Å². The molecule has 1 aromatic heterocycles. The summed E-state index contributed by atoms with van der Waals surface area (Å²) in [4.78, 5) is 11.2. The molecule has 0 amide bonds. The molecule has 0 fully saturated rings. The van der Waals surface area contributed by atoms with Crippen LogP contribution >= 0.6 is 0 Å². The fraction of sp³-hybridized carbons (Fsp3) is 0.667. The zero-order valence-electron chi connectivity index (χ0n) is 11.4. The summed E-state index contributed by atoms with van der Waals surface area (Å²) in [7, 11) is 0. The summed E-state index contributed by atoms with van der Waals surface area (Å²) in [5.41, 5.74) is -2.16. The minimum Gasteiger partial charge on any atom is -0.480 e. The molecule has 1 unspecified atom stereocenters. The van der Waals surface area contributed by atoms with Crippen LogP contribution in [-0.2, 0) is 17.5 Å². The number of carboxylic acids is 1. The van der Waals surface area contributed by atoms with Gasteiger partial charge in [-0.1, -0.05) is 6.92 Å². The molecule has 114 valence electrons. The average Bonchev–Trinajstić information content (AvgIpc) is 2.82. The van der Waals surface area contributed by atoms with Crippen LogP contribution in [0.25, 0.3) is 0 Å². The zero-order chi connectivity index (χ0) is 15.4. The van der Waals surface area contributed by atoms with Gasteiger partial charge < -0.3 is 10.4 Å². The number of aliphatic carboxylic acids is 1. The van der Waals surface area contributed by atoms with Crippen LogP contribution in [-0.4, -0.2) is 32.9 Å². The minimum atomic E-state index is -4.48. The smallest absolute Gasteiger partial charge is 0.435 e. The average molecular weight is 293 g/mol. The maximum Gasteiger partial charge on any atom is 0.435 e. The Morgan fingerprint density at radius 2 is 2.15 bits per heavy atom. The molecule has 0 aromatic carbocycles. The van der Waals surface area contributed by atoms with Crippen LogP contribution in [0.5, 0.6) is 0 Å². The van der Waals surface area contributed by atoms with E-state index in [0.29, 0.717) is 6.54 Å². The first-order chi connectivity index (χ1) is 9.19. The van der Waals surface area contributed by atoms with Gasteiger partial charge in [-0.15, -0.1) is 0 Å². The predicted octanol–water partition coefficient (Wildman–Crippen LogP) is 2.13. The van der Waals surface area contributed by atoms with Crippen molar-refractivity contribution in [2.75, 3.05) is 6.54 Å². The number of halogens is 3. The summed E-state index contributed by atoms with van der Waals surface area (Å²) in [5, 5.41) is 15.5. The number of nitrogens with zero attached hydrogens (tertiary/aromatic N) is 2. The summed E-state index contributed by atoms with van der Waals surface area (Å²) >= 11 is 0. The monoisotopic (exact) mass is 293 g/mol. The maximum atomic E-state index is 12.4. The summed E-state index contributed by atoms with van der Waals surface area (Å²) in [5.74, 6) is -1.03. The van der Waals surface area contributed by atoms with Crippen molar-refractivity contribution in [1.29, 1.82) is 0 Å². The molecule has 1 atom stereocenters. The second kappa shape index (κ2) is 6.25. The molecule has 0 aliphatic heterocycles. The number of carboxylic acid groups (broad SMARTS) is 1. The van der Waals surface area contributed by atoms with Crippen LogP contribution in [0.3, 0.4) is 0 Å². The zero-order valence-corrected chi connectivity index (χ0v) is 11.4. The fourth-order valence-corrected chi connectivity index (χ4v) is 1.65. The molecular weight excluding hydrogens is 275 g/mol. The third-order valence-corrected chi connectivity index (χ3v) is 3.01. The Bertz CT molecular complexity index is 459. The molecular formula is C12H18F3N3O2. The van der Waals surface area contributed by atoms with Gasteiger partial charge in [0.15, 0.2) is 5.69 Å². The van der Waals surface area contributed by atoms with E-state index >= 15 is 0 Å². The predicted molar refractivity (Wildman–Crippen MR) is 66.2 cm³/mol.